The van der Waals surface area contributed by atoms with Crippen LogP contribution in [0.15, 0.2) is 83.8 Å². The van der Waals surface area contributed by atoms with Gasteiger partial charge in [-0.1, -0.05) is 30.3 Å². The lowest BCUT2D eigenvalue weighted by Gasteiger charge is -2.23. The maximum Gasteiger partial charge on any atom is 0.264 e. The molecule has 0 aromatic heterocycles. The van der Waals surface area contributed by atoms with Crippen LogP contribution in [0.4, 0.5) is 10.1 Å². The smallest absolute Gasteiger partial charge is 0.264 e. The highest BCUT2D eigenvalue weighted by molar-refractivity contribution is 7.92. The lowest BCUT2D eigenvalue weighted by atomic mass is 10.2. The van der Waals surface area contributed by atoms with Crippen molar-refractivity contribution < 1.29 is 17.5 Å². The Bertz CT molecular complexity index is 972. The number of rotatable bonds is 7. The molecule has 0 N–H and O–H groups in total. The van der Waals surface area contributed by atoms with Crippen molar-refractivity contribution in [1.82, 2.24) is 0 Å². The molecule has 0 atom stereocenters. The van der Waals surface area contributed by atoms with Gasteiger partial charge in [-0.15, -0.1) is 0 Å². The van der Waals surface area contributed by atoms with Gasteiger partial charge in [0.1, 0.15) is 18.2 Å². The monoisotopic (exact) mass is 385 g/mol. The normalized spacial score (nSPS) is 11.2. The van der Waals surface area contributed by atoms with Gasteiger partial charge in [0.15, 0.2) is 0 Å². The molecule has 27 heavy (non-hydrogen) atoms. The average Bonchev–Trinajstić information content (AvgIpc) is 2.69. The van der Waals surface area contributed by atoms with Gasteiger partial charge in [-0.3, -0.25) is 4.31 Å². The number of hydrogen-bond acceptors (Lipinski definition) is 3. The van der Waals surface area contributed by atoms with E-state index >= 15 is 0 Å². The highest BCUT2D eigenvalue weighted by Gasteiger charge is 2.23. The van der Waals surface area contributed by atoms with Gasteiger partial charge in [0, 0.05) is 6.54 Å². The van der Waals surface area contributed by atoms with E-state index < -0.39 is 15.8 Å². The summed E-state index contributed by atoms with van der Waals surface area (Å²) in [7, 11) is -3.76. The lowest BCUT2D eigenvalue weighted by molar-refractivity contribution is 0.306. The Hall–Kier alpha value is -2.86. The van der Waals surface area contributed by atoms with E-state index in [1.54, 1.807) is 31.2 Å². The number of ether oxygens (including phenoxy) is 1. The zero-order valence-electron chi connectivity index (χ0n) is 14.9. The third kappa shape index (κ3) is 4.46. The van der Waals surface area contributed by atoms with Crippen molar-refractivity contribution in [2.24, 2.45) is 0 Å². The lowest BCUT2D eigenvalue weighted by Crippen LogP contribution is -2.30. The maximum absolute atomic E-state index is 13.1. The molecule has 0 bridgehead atoms. The molecule has 0 amide bonds. The van der Waals surface area contributed by atoms with Gasteiger partial charge in [-0.25, -0.2) is 12.8 Å². The number of anilines is 1. The Kier molecular flexibility index (Phi) is 5.76. The molecule has 140 valence electrons. The zero-order chi connectivity index (χ0) is 19.3. The Morgan fingerprint density at radius 2 is 1.52 bits per heavy atom. The molecule has 0 aliphatic carbocycles. The second-order valence-electron chi connectivity index (χ2n) is 5.89. The summed E-state index contributed by atoms with van der Waals surface area (Å²) in [6.07, 6.45) is 0. The van der Waals surface area contributed by atoms with Gasteiger partial charge < -0.3 is 4.74 Å². The number of nitrogens with zero attached hydrogens (tertiary/aromatic N) is 1. The summed E-state index contributed by atoms with van der Waals surface area (Å²) in [5, 5.41) is 0. The molecule has 6 heteroatoms. The summed E-state index contributed by atoms with van der Waals surface area (Å²) in [4.78, 5) is 0.0511. The van der Waals surface area contributed by atoms with Gasteiger partial charge in [0.2, 0.25) is 0 Å². The molecule has 4 nitrogen and oxygen atoms in total. The van der Waals surface area contributed by atoms with Crippen LogP contribution in [0.2, 0.25) is 0 Å². The van der Waals surface area contributed by atoms with Crippen LogP contribution in [0.5, 0.6) is 5.75 Å². The molecular weight excluding hydrogens is 365 g/mol. The van der Waals surface area contributed by atoms with Crippen LogP contribution in [0.3, 0.4) is 0 Å². The van der Waals surface area contributed by atoms with Gasteiger partial charge >= 0.3 is 0 Å². The zero-order valence-corrected chi connectivity index (χ0v) is 15.7. The van der Waals surface area contributed by atoms with E-state index in [-0.39, 0.29) is 11.4 Å². The Balaban J connectivity index is 1.76. The third-order valence-corrected chi connectivity index (χ3v) is 5.98. The Morgan fingerprint density at radius 3 is 2.11 bits per heavy atom. The predicted octanol–water partition coefficient (Wildman–Crippen LogP) is 4.62. The standard InChI is InChI=1S/C21H20FNO3S/c1-2-23(27(24,25)21-14-8-18(22)9-15-21)19-10-12-20(13-11-19)26-16-17-6-4-3-5-7-17/h3-15H,2,16H2,1H3. The summed E-state index contributed by atoms with van der Waals surface area (Å²) in [5.41, 5.74) is 1.57. The largest absolute Gasteiger partial charge is 0.489 e. The van der Waals surface area contributed by atoms with E-state index in [4.69, 9.17) is 4.74 Å². The molecule has 0 radical (unpaired) electrons. The summed E-state index contributed by atoms with van der Waals surface area (Å²) >= 11 is 0. The van der Waals surface area contributed by atoms with E-state index in [1.807, 2.05) is 30.3 Å². The van der Waals surface area contributed by atoms with Gasteiger partial charge in [-0.2, -0.15) is 0 Å². The van der Waals surface area contributed by atoms with Crippen LogP contribution >= 0.6 is 0 Å². The van der Waals surface area contributed by atoms with Gasteiger partial charge in [0.05, 0.1) is 10.6 Å². The first-order valence-corrected chi connectivity index (χ1v) is 10.00. The first kappa shape index (κ1) is 18.9. The van der Waals surface area contributed by atoms with Gasteiger partial charge in [0.25, 0.3) is 10.0 Å². The van der Waals surface area contributed by atoms with Crippen LogP contribution < -0.4 is 9.04 Å². The van der Waals surface area contributed by atoms with E-state index in [0.29, 0.717) is 18.0 Å². The van der Waals surface area contributed by atoms with Crippen molar-refractivity contribution in [2.45, 2.75) is 18.4 Å². The molecule has 0 aliphatic heterocycles. The first-order chi connectivity index (χ1) is 13.0. The third-order valence-electron chi connectivity index (χ3n) is 4.06. The van der Waals surface area contributed by atoms with Crippen molar-refractivity contribution in [3.63, 3.8) is 0 Å². The van der Waals surface area contributed by atoms with Crippen LogP contribution in [0, 0.1) is 5.82 Å². The molecule has 0 unspecified atom stereocenters. The summed E-state index contributed by atoms with van der Waals surface area (Å²) in [6.45, 7) is 2.44. The number of hydrogen-bond donors (Lipinski definition) is 0. The fraction of sp³-hybridized carbons (Fsp3) is 0.143. The molecule has 0 heterocycles. The molecule has 0 aliphatic rings. The van der Waals surface area contributed by atoms with Crippen molar-refractivity contribution in [2.75, 3.05) is 10.8 Å². The van der Waals surface area contributed by atoms with Crippen LogP contribution in [0.1, 0.15) is 12.5 Å². The predicted molar refractivity (Wildman–Crippen MR) is 104 cm³/mol. The summed E-state index contributed by atoms with van der Waals surface area (Å²) in [6, 6.07) is 21.5. The summed E-state index contributed by atoms with van der Waals surface area (Å²) in [5.74, 6) is 0.176. The number of halogens is 1. The SMILES string of the molecule is CCN(c1ccc(OCc2ccccc2)cc1)S(=O)(=O)c1ccc(F)cc1. The quantitative estimate of drug-likeness (QED) is 0.596. The fourth-order valence-electron chi connectivity index (χ4n) is 2.67. The highest BCUT2D eigenvalue weighted by Crippen LogP contribution is 2.26. The van der Waals surface area contributed by atoms with Crippen molar-refractivity contribution >= 4 is 15.7 Å². The minimum Gasteiger partial charge on any atom is -0.489 e. The molecule has 0 saturated carbocycles. The topological polar surface area (TPSA) is 46.6 Å². The van der Waals surface area contributed by atoms with E-state index in [0.717, 1.165) is 17.7 Å². The maximum atomic E-state index is 13.1. The van der Waals surface area contributed by atoms with Crippen molar-refractivity contribution in [3.05, 3.63) is 90.2 Å². The Labute approximate surface area is 158 Å². The molecule has 3 aromatic rings. The minimum atomic E-state index is -3.76. The van der Waals surface area contributed by atoms with Crippen LogP contribution in [-0.2, 0) is 16.6 Å². The fourth-order valence-corrected chi connectivity index (χ4v) is 4.15. The average molecular weight is 385 g/mol. The van der Waals surface area contributed by atoms with Crippen molar-refractivity contribution in [1.29, 1.82) is 0 Å². The molecular formula is C21H20FNO3S. The second kappa shape index (κ2) is 8.22. The number of sulfonamides is 1. The summed E-state index contributed by atoms with van der Waals surface area (Å²) < 4.78 is 45.8. The highest BCUT2D eigenvalue weighted by atomic mass is 32.2. The minimum absolute atomic E-state index is 0.0511. The van der Waals surface area contributed by atoms with Crippen LogP contribution in [0.25, 0.3) is 0 Å². The van der Waals surface area contributed by atoms with Gasteiger partial charge in [-0.05, 0) is 61.0 Å². The molecule has 0 saturated heterocycles. The van der Waals surface area contributed by atoms with E-state index in [2.05, 4.69) is 0 Å². The molecule has 0 fully saturated rings. The molecule has 3 aromatic carbocycles. The van der Waals surface area contributed by atoms with E-state index in [1.165, 1.54) is 16.4 Å². The number of benzene rings is 3. The van der Waals surface area contributed by atoms with Crippen molar-refractivity contribution in [3.8, 4) is 5.75 Å². The molecule has 0 spiro atoms. The first-order valence-electron chi connectivity index (χ1n) is 8.56. The second-order valence-corrected chi connectivity index (χ2v) is 7.75. The van der Waals surface area contributed by atoms with E-state index in [9.17, 15) is 12.8 Å². The molecule has 3 rings (SSSR count). The van der Waals surface area contributed by atoms with Crippen LogP contribution in [-0.4, -0.2) is 15.0 Å². The Morgan fingerprint density at radius 1 is 0.889 bits per heavy atom.